The normalized spacial score (nSPS) is 20.9. The number of aromatic nitrogens is 1. The summed E-state index contributed by atoms with van der Waals surface area (Å²) in [5.74, 6) is 0.437. The van der Waals surface area contributed by atoms with Crippen molar-refractivity contribution in [2.24, 2.45) is 5.92 Å². The average molecular weight is 353 g/mol. The number of rotatable bonds is 5. The predicted molar refractivity (Wildman–Crippen MR) is 90.2 cm³/mol. The molecule has 0 amide bonds. The molecule has 1 aliphatic rings. The van der Waals surface area contributed by atoms with E-state index in [0.717, 1.165) is 6.42 Å². The van der Waals surface area contributed by atoms with Crippen LogP contribution >= 0.6 is 0 Å². The minimum absolute atomic E-state index is 0.145. The number of nitrogens with one attached hydrogen (secondary N) is 1. The van der Waals surface area contributed by atoms with E-state index in [1.54, 1.807) is 22.6 Å². The van der Waals surface area contributed by atoms with Crippen LogP contribution < -0.4 is 9.47 Å². The highest BCUT2D eigenvalue weighted by molar-refractivity contribution is 7.89. The van der Waals surface area contributed by atoms with E-state index in [-0.39, 0.29) is 11.7 Å². The molecule has 1 N–H and O–H groups in total. The van der Waals surface area contributed by atoms with Crippen molar-refractivity contribution in [1.82, 2.24) is 9.29 Å². The largest absolute Gasteiger partial charge is 0.494 e. The predicted octanol–water partition coefficient (Wildman–Crippen LogP) is 2.67. The number of halogens is 1. The fourth-order valence-electron chi connectivity index (χ4n) is 2.86. The summed E-state index contributed by atoms with van der Waals surface area (Å²) in [5, 5.41) is 0.588. The Labute approximate surface area is 140 Å². The number of fused-ring (bicyclic) bond motifs is 1. The molecular weight excluding hydrogens is 333 g/mol. The van der Waals surface area contributed by atoms with Crippen LogP contribution in [0.15, 0.2) is 24.4 Å². The Bertz CT molecular complexity index is 857. The molecule has 3 rings (SSSR count). The molecule has 0 unspecified atom stereocenters. The van der Waals surface area contributed by atoms with Gasteiger partial charge in [-0.3, -0.25) is 4.98 Å². The maximum Gasteiger partial charge on any atom is 0.165 e. The van der Waals surface area contributed by atoms with E-state index in [1.165, 1.54) is 19.4 Å². The van der Waals surface area contributed by atoms with Gasteiger partial charge in [-0.25, -0.2) is 17.7 Å². The maximum absolute atomic E-state index is 14.0. The van der Waals surface area contributed by atoms with Gasteiger partial charge in [0, 0.05) is 42.9 Å². The molecule has 6 nitrogen and oxygen atoms in total. The SMILES string of the molecule is COc1cc2nccc(OC[C@@H]3CCN([S@](C)(=N)=O)C3)c2cc1F. The third-order valence-corrected chi connectivity index (χ3v) is 5.51. The molecule has 1 saturated heterocycles. The van der Waals surface area contributed by atoms with Gasteiger partial charge in [0.1, 0.15) is 15.7 Å². The summed E-state index contributed by atoms with van der Waals surface area (Å²) in [4.78, 5) is 4.22. The maximum atomic E-state index is 14.0. The molecule has 0 spiro atoms. The van der Waals surface area contributed by atoms with Gasteiger partial charge in [-0.15, -0.1) is 0 Å². The average Bonchev–Trinajstić information content (AvgIpc) is 3.01. The van der Waals surface area contributed by atoms with Crippen LogP contribution in [0.1, 0.15) is 6.42 Å². The first kappa shape index (κ1) is 16.9. The van der Waals surface area contributed by atoms with Gasteiger partial charge in [0.15, 0.2) is 11.6 Å². The molecule has 2 heterocycles. The first-order chi connectivity index (χ1) is 11.4. The number of hydrogen-bond acceptors (Lipinski definition) is 5. The van der Waals surface area contributed by atoms with Crippen molar-refractivity contribution in [2.75, 3.05) is 33.1 Å². The monoisotopic (exact) mass is 353 g/mol. The topological polar surface area (TPSA) is 75.5 Å². The van der Waals surface area contributed by atoms with E-state index >= 15 is 0 Å². The molecule has 0 radical (unpaired) electrons. The number of hydrogen-bond donors (Lipinski definition) is 1. The Balaban J connectivity index is 1.75. The first-order valence-corrected chi connectivity index (χ1v) is 9.54. The molecule has 130 valence electrons. The summed E-state index contributed by atoms with van der Waals surface area (Å²) in [5.41, 5.74) is 0.599. The lowest BCUT2D eigenvalue weighted by Gasteiger charge is -2.16. The number of ether oxygens (including phenoxy) is 2. The summed E-state index contributed by atoms with van der Waals surface area (Å²) in [6.45, 7) is 1.64. The van der Waals surface area contributed by atoms with Crippen molar-refractivity contribution in [1.29, 1.82) is 4.78 Å². The van der Waals surface area contributed by atoms with Crippen molar-refractivity contribution in [3.8, 4) is 11.5 Å². The van der Waals surface area contributed by atoms with Crippen molar-refractivity contribution in [3.05, 3.63) is 30.2 Å². The van der Waals surface area contributed by atoms with Crippen LogP contribution in [-0.4, -0.2) is 46.6 Å². The molecule has 0 aliphatic carbocycles. The lowest BCUT2D eigenvalue weighted by Crippen LogP contribution is -2.27. The molecule has 0 saturated carbocycles. The number of benzene rings is 1. The van der Waals surface area contributed by atoms with Crippen molar-refractivity contribution >= 4 is 20.8 Å². The van der Waals surface area contributed by atoms with Crippen LogP contribution in [0.3, 0.4) is 0 Å². The van der Waals surface area contributed by atoms with Crippen molar-refractivity contribution in [2.45, 2.75) is 6.42 Å². The smallest absolute Gasteiger partial charge is 0.165 e. The molecule has 2 atom stereocenters. The van der Waals surface area contributed by atoms with E-state index in [0.29, 0.717) is 36.3 Å². The second kappa shape index (κ2) is 6.52. The van der Waals surface area contributed by atoms with Crippen LogP contribution in [0.25, 0.3) is 10.9 Å². The first-order valence-electron chi connectivity index (χ1n) is 7.62. The van der Waals surface area contributed by atoms with Crippen molar-refractivity contribution < 1.29 is 18.1 Å². The molecule has 1 aromatic heterocycles. The third-order valence-electron chi connectivity index (χ3n) is 4.19. The minimum Gasteiger partial charge on any atom is -0.494 e. The van der Waals surface area contributed by atoms with Crippen LogP contribution in [0.2, 0.25) is 0 Å². The third kappa shape index (κ3) is 3.44. The Morgan fingerprint density at radius 1 is 1.46 bits per heavy atom. The molecule has 2 aromatic rings. The lowest BCUT2D eigenvalue weighted by molar-refractivity contribution is 0.258. The van der Waals surface area contributed by atoms with Crippen LogP contribution in [0.4, 0.5) is 4.39 Å². The summed E-state index contributed by atoms with van der Waals surface area (Å²) >= 11 is 0. The summed E-state index contributed by atoms with van der Waals surface area (Å²) in [6, 6.07) is 4.61. The molecular formula is C16H20FN3O3S. The van der Waals surface area contributed by atoms with E-state index in [9.17, 15) is 8.60 Å². The zero-order valence-corrected chi connectivity index (χ0v) is 14.4. The van der Waals surface area contributed by atoms with Gasteiger partial charge in [0.25, 0.3) is 0 Å². The number of methoxy groups -OCH3 is 1. The summed E-state index contributed by atoms with van der Waals surface area (Å²) < 4.78 is 45.9. The fourth-order valence-corrected chi connectivity index (χ4v) is 3.81. The molecule has 1 aliphatic heterocycles. The fraction of sp³-hybridized carbons (Fsp3) is 0.438. The lowest BCUT2D eigenvalue weighted by atomic mass is 10.1. The van der Waals surface area contributed by atoms with Crippen LogP contribution in [0.5, 0.6) is 11.5 Å². The Morgan fingerprint density at radius 3 is 2.92 bits per heavy atom. The summed E-state index contributed by atoms with van der Waals surface area (Å²) in [6.07, 6.45) is 3.87. The van der Waals surface area contributed by atoms with Gasteiger partial charge in [0.2, 0.25) is 0 Å². The second-order valence-electron chi connectivity index (χ2n) is 5.97. The summed E-state index contributed by atoms with van der Waals surface area (Å²) in [7, 11) is -1.25. The second-order valence-corrected chi connectivity index (χ2v) is 8.09. The Kier molecular flexibility index (Phi) is 4.60. The van der Waals surface area contributed by atoms with Gasteiger partial charge in [-0.2, -0.15) is 0 Å². The molecule has 8 heteroatoms. The molecule has 1 fully saturated rings. The van der Waals surface area contributed by atoms with Gasteiger partial charge < -0.3 is 9.47 Å². The highest BCUT2D eigenvalue weighted by Crippen LogP contribution is 2.30. The Morgan fingerprint density at radius 2 is 2.25 bits per heavy atom. The van der Waals surface area contributed by atoms with Crippen LogP contribution in [-0.2, 0) is 9.92 Å². The Hall–Kier alpha value is -1.93. The van der Waals surface area contributed by atoms with E-state index in [1.807, 2.05) is 0 Å². The molecule has 1 aromatic carbocycles. The van der Waals surface area contributed by atoms with Crippen molar-refractivity contribution in [3.63, 3.8) is 0 Å². The van der Waals surface area contributed by atoms with Gasteiger partial charge in [0.05, 0.1) is 19.2 Å². The zero-order chi connectivity index (χ0) is 17.3. The van der Waals surface area contributed by atoms with Gasteiger partial charge >= 0.3 is 0 Å². The highest BCUT2D eigenvalue weighted by atomic mass is 32.2. The van der Waals surface area contributed by atoms with Gasteiger partial charge in [-0.1, -0.05) is 0 Å². The highest BCUT2D eigenvalue weighted by Gasteiger charge is 2.27. The van der Waals surface area contributed by atoms with E-state index < -0.39 is 15.7 Å². The van der Waals surface area contributed by atoms with Crippen LogP contribution in [0, 0.1) is 16.5 Å². The van der Waals surface area contributed by atoms with Gasteiger partial charge in [-0.05, 0) is 18.6 Å². The molecule has 24 heavy (non-hydrogen) atoms. The minimum atomic E-state index is -2.66. The standard InChI is InChI=1S/C16H20FN3O3S/c1-22-16-8-14-12(7-13(16)17)15(3-5-19-14)23-10-11-4-6-20(9-11)24(2,18)21/h3,5,7-8,11,18H,4,6,9-10H2,1-2H3/t11-,24+/m1/s1. The molecule has 0 bridgehead atoms. The quantitative estimate of drug-likeness (QED) is 0.897. The van der Waals surface area contributed by atoms with E-state index in [2.05, 4.69) is 4.98 Å². The zero-order valence-electron chi connectivity index (χ0n) is 13.6. The van der Waals surface area contributed by atoms with E-state index in [4.69, 9.17) is 14.3 Å². The number of nitrogens with zero attached hydrogens (tertiary/aromatic N) is 2. The number of pyridine rings is 1.